The number of halogens is 1. The molecule has 1 amide bonds. The predicted octanol–water partition coefficient (Wildman–Crippen LogP) is 4.19. The quantitative estimate of drug-likeness (QED) is 0.834. The number of ether oxygens (including phenoxy) is 2. The second-order valence-corrected chi connectivity index (χ2v) is 7.35. The summed E-state index contributed by atoms with van der Waals surface area (Å²) in [5.74, 6) is 1.23. The Kier molecular flexibility index (Phi) is 6.24. The summed E-state index contributed by atoms with van der Waals surface area (Å²) in [7, 11) is 1.90. The number of nitrogens with one attached hydrogen (secondary N) is 1. The van der Waals surface area contributed by atoms with Gasteiger partial charge in [-0.25, -0.2) is 0 Å². The second-order valence-electron chi connectivity index (χ2n) is 6.94. The van der Waals surface area contributed by atoms with E-state index in [1.807, 2.05) is 56.1 Å². The zero-order valence-corrected chi connectivity index (χ0v) is 16.7. The Bertz CT molecular complexity index is 818. The summed E-state index contributed by atoms with van der Waals surface area (Å²) in [4.78, 5) is 14.4. The van der Waals surface area contributed by atoms with Gasteiger partial charge in [0.1, 0.15) is 0 Å². The molecule has 0 spiro atoms. The average Bonchev–Trinajstić information content (AvgIpc) is 2.84. The van der Waals surface area contributed by atoms with E-state index in [-0.39, 0.29) is 12.5 Å². The van der Waals surface area contributed by atoms with Gasteiger partial charge in [-0.3, -0.25) is 9.69 Å². The van der Waals surface area contributed by atoms with Gasteiger partial charge < -0.3 is 14.8 Å². The molecule has 1 aliphatic heterocycles. The fraction of sp³-hybridized carbons (Fsp3) is 0.381. The molecule has 0 bridgehead atoms. The first-order valence-corrected chi connectivity index (χ1v) is 9.44. The molecule has 3 rings (SSSR count). The minimum Gasteiger partial charge on any atom is -0.489 e. The highest BCUT2D eigenvalue weighted by molar-refractivity contribution is 6.32. The highest BCUT2D eigenvalue weighted by Gasteiger charge is 2.17. The SMILES string of the molecule is Cc1cccc(C)c1NC(=O)CN(C)Cc1cc(Cl)c2c(c1)OCCCO2. The number of rotatable bonds is 5. The van der Waals surface area contributed by atoms with Crippen LogP contribution in [0.3, 0.4) is 0 Å². The van der Waals surface area contributed by atoms with E-state index in [2.05, 4.69) is 5.32 Å². The smallest absolute Gasteiger partial charge is 0.238 e. The lowest BCUT2D eigenvalue weighted by atomic mass is 10.1. The van der Waals surface area contributed by atoms with E-state index < -0.39 is 0 Å². The molecule has 0 saturated heterocycles. The van der Waals surface area contributed by atoms with Crippen molar-refractivity contribution >= 4 is 23.2 Å². The molecule has 2 aromatic rings. The third kappa shape index (κ3) is 4.93. The van der Waals surface area contributed by atoms with E-state index in [9.17, 15) is 4.79 Å². The van der Waals surface area contributed by atoms with Gasteiger partial charge in [-0.1, -0.05) is 29.8 Å². The number of benzene rings is 2. The molecule has 2 aromatic carbocycles. The number of likely N-dealkylation sites (N-methyl/N-ethyl adjacent to an activating group) is 1. The summed E-state index contributed by atoms with van der Waals surface area (Å²) >= 11 is 6.35. The van der Waals surface area contributed by atoms with Crippen LogP contribution < -0.4 is 14.8 Å². The number of hydrogen-bond acceptors (Lipinski definition) is 4. The summed E-state index contributed by atoms with van der Waals surface area (Å²) in [5, 5.41) is 3.55. The van der Waals surface area contributed by atoms with Gasteiger partial charge in [0.05, 0.1) is 24.8 Å². The number of aryl methyl sites for hydroxylation is 2. The number of carbonyl (C=O) groups excluding carboxylic acids is 1. The van der Waals surface area contributed by atoms with Crippen LogP contribution in [0.1, 0.15) is 23.1 Å². The highest BCUT2D eigenvalue weighted by atomic mass is 35.5. The molecular weight excluding hydrogens is 364 g/mol. The molecule has 0 atom stereocenters. The molecule has 144 valence electrons. The Balaban J connectivity index is 1.64. The van der Waals surface area contributed by atoms with Crippen LogP contribution in [0.5, 0.6) is 11.5 Å². The van der Waals surface area contributed by atoms with Crippen molar-refractivity contribution in [2.24, 2.45) is 0 Å². The Labute approximate surface area is 165 Å². The van der Waals surface area contributed by atoms with Gasteiger partial charge in [0.25, 0.3) is 0 Å². The van der Waals surface area contributed by atoms with Crippen molar-refractivity contribution < 1.29 is 14.3 Å². The Morgan fingerprint density at radius 3 is 2.63 bits per heavy atom. The minimum absolute atomic E-state index is 0.0460. The second kappa shape index (κ2) is 8.63. The Morgan fingerprint density at radius 1 is 1.19 bits per heavy atom. The zero-order valence-electron chi connectivity index (χ0n) is 16.0. The van der Waals surface area contributed by atoms with Gasteiger partial charge >= 0.3 is 0 Å². The number of fused-ring (bicyclic) bond motifs is 1. The molecule has 5 nitrogen and oxygen atoms in total. The molecule has 1 N–H and O–H groups in total. The molecule has 6 heteroatoms. The van der Waals surface area contributed by atoms with Crippen molar-refractivity contribution in [2.75, 3.05) is 32.1 Å². The lowest BCUT2D eigenvalue weighted by molar-refractivity contribution is -0.117. The zero-order chi connectivity index (χ0) is 19.4. The van der Waals surface area contributed by atoms with Crippen LogP contribution in [0, 0.1) is 13.8 Å². The monoisotopic (exact) mass is 388 g/mol. The summed E-state index contributed by atoms with van der Waals surface area (Å²) in [6.07, 6.45) is 0.832. The molecule has 0 fully saturated rings. The van der Waals surface area contributed by atoms with Gasteiger partial charge in [-0.05, 0) is 49.7 Å². The maximum absolute atomic E-state index is 12.4. The van der Waals surface area contributed by atoms with E-state index in [1.165, 1.54) is 0 Å². The Morgan fingerprint density at radius 2 is 1.89 bits per heavy atom. The number of anilines is 1. The lowest BCUT2D eigenvalue weighted by Crippen LogP contribution is -2.30. The first-order chi connectivity index (χ1) is 12.9. The fourth-order valence-corrected chi connectivity index (χ4v) is 3.47. The van der Waals surface area contributed by atoms with Crippen molar-refractivity contribution in [2.45, 2.75) is 26.8 Å². The van der Waals surface area contributed by atoms with Gasteiger partial charge in [-0.2, -0.15) is 0 Å². The first kappa shape index (κ1) is 19.5. The molecule has 0 unspecified atom stereocenters. The number of nitrogens with zero attached hydrogens (tertiary/aromatic N) is 1. The summed E-state index contributed by atoms with van der Waals surface area (Å²) in [5.41, 5.74) is 3.97. The molecule has 0 aromatic heterocycles. The van der Waals surface area contributed by atoms with Crippen LogP contribution in [0.25, 0.3) is 0 Å². The van der Waals surface area contributed by atoms with E-state index in [0.717, 1.165) is 28.8 Å². The largest absolute Gasteiger partial charge is 0.489 e. The molecule has 0 radical (unpaired) electrons. The van der Waals surface area contributed by atoms with Crippen molar-refractivity contribution in [1.82, 2.24) is 4.90 Å². The van der Waals surface area contributed by atoms with Gasteiger partial charge in [0.15, 0.2) is 11.5 Å². The molecular formula is C21H25ClN2O3. The third-order valence-electron chi connectivity index (χ3n) is 4.47. The summed E-state index contributed by atoms with van der Waals surface area (Å²) in [6, 6.07) is 9.78. The lowest BCUT2D eigenvalue weighted by Gasteiger charge is -2.19. The fourth-order valence-electron chi connectivity index (χ4n) is 3.18. The van der Waals surface area contributed by atoms with Crippen LogP contribution in [0.2, 0.25) is 5.02 Å². The van der Waals surface area contributed by atoms with E-state index >= 15 is 0 Å². The third-order valence-corrected chi connectivity index (χ3v) is 4.75. The molecule has 1 aliphatic rings. The number of hydrogen-bond donors (Lipinski definition) is 1. The average molecular weight is 389 g/mol. The molecule has 0 aliphatic carbocycles. The van der Waals surface area contributed by atoms with E-state index in [1.54, 1.807) is 0 Å². The molecule has 0 saturated carbocycles. The van der Waals surface area contributed by atoms with Crippen LogP contribution >= 0.6 is 11.6 Å². The van der Waals surface area contributed by atoms with Crippen LogP contribution in [0.4, 0.5) is 5.69 Å². The highest BCUT2D eigenvalue weighted by Crippen LogP contribution is 2.38. The molecule has 27 heavy (non-hydrogen) atoms. The van der Waals surface area contributed by atoms with E-state index in [4.69, 9.17) is 21.1 Å². The van der Waals surface area contributed by atoms with Crippen molar-refractivity contribution in [1.29, 1.82) is 0 Å². The van der Waals surface area contributed by atoms with Crippen molar-refractivity contribution in [3.05, 3.63) is 52.0 Å². The maximum atomic E-state index is 12.4. The van der Waals surface area contributed by atoms with Gasteiger partial charge in [-0.15, -0.1) is 0 Å². The van der Waals surface area contributed by atoms with Gasteiger partial charge in [0, 0.05) is 18.7 Å². The topological polar surface area (TPSA) is 50.8 Å². The van der Waals surface area contributed by atoms with Gasteiger partial charge in [0.2, 0.25) is 5.91 Å². The minimum atomic E-state index is -0.0460. The van der Waals surface area contributed by atoms with E-state index in [0.29, 0.717) is 36.3 Å². The standard InChI is InChI=1S/C21H25ClN2O3/c1-14-6-4-7-15(2)20(14)23-19(25)13-24(3)12-16-10-17(22)21-18(11-16)26-8-5-9-27-21/h4,6-7,10-11H,5,8-9,12-13H2,1-3H3,(H,23,25). The summed E-state index contributed by atoms with van der Waals surface area (Å²) < 4.78 is 11.4. The Hall–Kier alpha value is -2.24. The van der Waals surface area contributed by atoms with Crippen LogP contribution in [0.15, 0.2) is 30.3 Å². The first-order valence-electron chi connectivity index (χ1n) is 9.06. The number of carbonyl (C=O) groups is 1. The maximum Gasteiger partial charge on any atom is 0.238 e. The number of amides is 1. The van der Waals surface area contributed by atoms with Crippen LogP contribution in [-0.2, 0) is 11.3 Å². The normalized spacial score (nSPS) is 13.4. The number of para-hydroxylation sites is 1. The van der Waals surface area contributed by atoms with Crippen LogP contribution in [-0.4, -0.2) is 37.6 Å². The summed E-state index contributed by atoms with van der Waals surface area (Å²) in [6.45, 7) is 6.06. The predicted molar refractivity (Wildman–Crippen MR) is 108 cm³/mol. The molecule has 1 heterocycles. The van der Waals surface area contributed by atoms with Crippen molar-refractivity contribution in [3.8, 4) is 11.5 Å². The van der Waals surface area contributed by atoms with Crippen molar-refractivity contribution in [3.63, 3.8) is 0 Å².